The minimum Gasteiger partial charge on any atom is -0.0841 e. The van der Waals surface area contributed by atoms with E-state index in [1.807, 2.05) is 19.4 Å². The average Bonchev–Trinajstić information content (AvgIpc) is 2.71. The summed E-state index contributed by atoms with van der Waals surface area (Å²) >= 11 is 0. The van der Waals surface area contributed by atoms with Gasteiger partial charge in [0.2, 0.25) is 0 Å². The zero-order valence-electron chi connectivity index (χ0n) is 14.0. The Balaban J connectivity index is 0. The highest BCUT2D eigenvalue weighted by Crippen LogP contribution is 2.49. The van der Waals surface area contributed by atoms with Crippen molar-refractivity contribution in [1.29, 1.82) is 0 Å². The number of hydrogen-bond donors (Lipinski definition) is 0. The van der Waals surface area contributed by atoms with Crippen molar-refractivity contribution in [2.75, 3.05) is 0 Å². The summed E-state index contributed by atoms with van der Waals surface area (Å²) in [6.45, 7) is 8.62. The molecule has 136 valence electrons. The van der Waals surface area contributed by atoms with Crippen LogP contribution in [-0.2, 0) is 0 Å². The minimum atomic E-state index is 0. The number of hydrogen-bond acceptors (Lipinski definition) is 0. The van der Waals surface area contributed by atoms with E-state index < -0.39 is 0 Å². The van der Waals surface area contributed by atoms with E-state index in [2.05, 4.69) is 26.0 Å². The lowest BCUT2D eigenvalue weighted by Gasteiger charge is -2.35. The molecule has 0 bridgehead atoms. The summed E-state index contributed by atoms with van der Waals surface area (Å²) in [5, 5.41) is 0. The molecule has 23 heavy (non-hydrogen) atoms. The predicted molar refractivity (Wildman–Crippen MR) is 110 cm³/mol. The van der Waals surface area contributed by atoms with Gasteiger partial charge in [-0.25, -0.2) is 0 Å². The Morgan fingerprint density at radius 3 is 2.30 bits per heavy atom. The first kappa shape index (κ1) is 24.5. The maximum absolute atomic E-state index is 2.55. The van der Waals surface area contributed by atoms with Gasteiger partial charge in [-0.05, 0) is 86.0 Å². The Morgan fingerprint density at radius 1 is 1.00 bits per heavy atom. The summed E-state index contributed by atoms with van der Waals surface area (Å²) in [6.07, 6.45) is 16.0. The summed E-state index contributed by atoms with van der Waals surface area (Å²) in [5.74, 6) is 1.74. The molecular weight excluding hydrogens is 276 g/mol. The van der Waals surface area contributed by atoms with Crippen LogP contribution < -0.4 is 0 Å². The fourth-order valence-electron chi connectivity index (χ4n) is 4.42. The molecular formula is C23H44. The lowest BCUT2D eigenvalue weighted by atomic mass is 9.70. The second kappa shape index (κ2) is 11.7. The maximum Gasteiger partial charge on any atom is -0.0153 e. The topological polar surface area (TPSA) is 0 Å². The van der Waals surface area contributed by atoms with Crippen LogP contribution in [0.25, 0.3) is 0 Å². The van der Waals surface area contributed by atoms with Gasteiger partial charge < -0.3 is 0 Å². The fraction of sp³-hybridized carbons (Fsp3) is 0.739. The molecule has 3 rings (SSSR count). The first-order valence-electron chi connectivity index (χ1n) is 8.94. The van der Waals surface area contributed by atoms with Crippen LogP contribution in [0.15, 0.2) is 34.4 Å². The van der Waals surface area contributed by atoms with Gasteiger partial charge in [0.1, 0.15) is 0 Å². The molecule has 0 fully saturated rings. The van der Waals surface area contributed by atoms with Crippen molar-refractivity contribution in [1.82, 2.24) is 0 Å². The zero-order valence-corrected chi connectivity index (χ0v) is 14.0. The fourth-order valence-corrected chi connectivity index (χ4v) is 4.42. The number of rotatable bonds is 1. The normalized spacial score (nSPS) is 27.0. The van der Waals surface area contributed by atoms with Gasteiger partial charge in [0.15, 0.2) is 0 Å². The van der Waals surface area contributed by atoms with Crippen molar-refractivity contribution >= 4 is 0 Å². The summed E-state index contributed by atoms with van der Waals surface area (Å²) < 4.78 is 0. The maximum atomic E-state index is 2.55. The zero-order chi connectivity index (χ0) is 14.5. The van der Waals surface area contributed by atoms with E-state index >= 15 is 0 Å². The first-order valence-corrected chi connectivity index (χ1v) is 8.94. The van der Waals surface area contributed by atoms with Gasteiger partial charge >= 0.3 is 0 Å². The van der Waals surface area contributed by atoms with Crippen molar-refractivity contribution in [3.05, 3.63) is 34.4 Å². The molecule has 0 aromatic heterocycles. The molecule has 3 aliphatic carbocycles. The second-order valence-electron chi connectivity index (χ2n) is 6.18. The molecule has 0 N–H and O–H groups in total. The third-order valence-corrected chi connectivity index (χ3v) is 5.31. The quantitative estimate of drug-likeness (QED) is 0.454. The van der Waals surface area contributed by atoms with E-state index in [9.17, 15) is 0 Å². The number of allylic oxidation sites excluding steroid dienone is 6. The van der Waals surface area contributed by atoms with E-state index in [0.717, 1.165) is 11.8 Å². The smallest absolute Gasteiger partial charge is 0.0153 e. The molecule has 0 saturated heterocycles. The van der Waals surface area contributed by atoms with Crippen LogP contribution in [0.5, 0.6) is 0 Å². The standard InChI is InChI=1S/C18H26.C2H6.3CH4/c1-3-13-7-5-8-15-9-6-10-16-12-11-14(4-2)17(13)18(15)16;1-2;;;/h4,10,13,15H,3,5-9,11-12H2,1-2H3;1-2H3;3*1H4/b14-4-;;;;. The highest BCUT2D eigenvalue weighted by atomic mass is 14.4. The molecule has 2 unspecified atom stereocenters. The Kier molecular flexibility index (Phi) is 12.5. The molecule has 2 atom stereocenters. The van der Waals surface area contributed by atoms with Gasteiger partial charge in [-0.15, -0.1) is 0 Å². The molecule has 3 aliphatic rings. The first-order chi connectivity index (χ1) is 9.85. The largest absolute Gasteiger partial charge is 0.0841 e. The molecule has 0 radical (unpaired) electrons. The molecule has 0 aliphatic heterocycles. The van der Waals surface area contributed by atoms with Crippen LogP contribution >= 0.6 is 0 Å². The Hall–Kier alpha value is -0.780. The van der Waals surface area contributed by atoms with Crippen LogP contribution in [0.4, 0.5) is 0 Å². The molecule has 0 amide bonds. The van der Waals surface area contributed by atoms with Crippen molar-refractivity contribution in [2.24, 2.45) is 11.8 Å². The predicted octanol–water partition coefficient (Wildman–Crippen LogP) is 8.50. The van der Waals surface area contributed by atoms with Gasteiger partial charge in [-0.2, -0.15) is 0 Å². The summed E-state index contributed by atoms with van der Waals surface area (Å²) in [6, 6.07) is 0. The third-order valence-electron chi connectivity index (χ3n) is 5.31. The lowest BCUT2D eigenvalue weighted by molar-refractivity contribution is 0.477. The lowest BCUT2D eigenvalue weighted by Crippen LogP contribution is -2.19. The summed E-state index contributed by atoms with van der Waals surface area (Å²) in [7, 11) is 0. The van der Waals surface area contributed by atoms with Crippen LogP contribution in [0.1, 0.15) is 101 Å². The monoisotopic (exact) mass is 320 g/mol. The molecule has 0 aromatic carbocycles. The molecule has 0 aromatic rings. The molecule has 0 spiro atoms. The van der Waals surface area contributed by atoms with E-state index in [-0.39, 0.29) is 22.3 Å². The SMILES string of the molecule is C.C.C.C/C=C1/CCC2=CCCC3CCCC(CC)C1=C23.CC. The average molecular weight is 321 g/mol. The van der Waals surface area contributed by atoms with Gasteiger partial charge in [-0.3, -0.25) is 0 Å². The van der Waals surface area contributed by atoms with Gasteiger partial charge in [-0.1, -0.05) is 61.6 Å². The van der Waals surface area contributed by atoms with E-state index in [1.165, 1.54) is 51.4 Å². The van der Waals surface area contributed by atoms with Crippen LogP contribution in [0.3, 0.4) is 0 Å². The van der Waals surface area contributed by atoms with Crippen LogP contribution in [-0.4, -0.2) is 0 Å². The van der Waals surface area contributed by atoms with Crippen molar-refractivity contribution in [3.63, 3.8) is 0 Å². The third kappa shape index (κ3) is 4.85. The Labute approximate surface area is 148 Å². The van der Waals surface area contributed by atoms with Crippen molar-refractivity contribution in [2.45, 2.75) is 101 Å². The summed E-state index contributed by atoms with van der Waals surface area (Å²) in [5.41, 5.74) is 7.01. The van der Waals surface area contributed by atoms with Crippen LogP contribution in [0.2, 0.25) is 0 Å². The van der Waals surface area contributed by atoms with Gasteiger partial charge in [0.25, 0.3) is 0 Å². The molecule has 0 heterocycles. The van der Waals surface area contributed by atoms with E-state index in [1.54, 1.807) is 16.7 Å². The van der Waals surface area contributed by atoms with Crippen LogP contribution in [0, 0.1) is 11.8 Å². The van der Waals surface area contributed by atoms with Gasteiger partial charge in [0.05, 0.1) is 0 Å². The van der Waals surface area contributed by atoms with E-state index in [0.29, 0.717) is 0 Å². The highest BCUT2D eigenvalue weighted by molar-refractivity contribution is 5.52. The molecule has 0 saturated carbocycles. The Morgan fingerprint density at radius 2 is 1.70 bits per heavy atom. The van der Waals surface area contributed by atoms with Gasteiger partial charge in [0, 0.05) is 0 Å². The molecule has 0 heteroatoms. The van der Waals surface area contributed by atoms with E-state index in [4.69, 9.17) is 0 Å². The summed E-state index contributed by atoms with van der Waals surface area (Å²) in [4.78, 5) is 0. The second-order valence-corrected chi connectivity index (χ2v) is 6.18. The van der Waals surface area contributed by atoms with Crippen molar-refractivity contribution < 1.29 is 0 Å². The highest BCUT2D eigenvalue weighted by Gasteiger charge is 2.33. The molecule has 0 nitrogen and oxygen atoms in total. The van der Waals surface area contributed by atoms with Crippen molar-refractivity contribution in [3.8, 4) is 0 Å². The Bertz CT molecular complexity index is 419. The minimum absolute atomic E-state index is 0.